The van der Waals surface area contributed by atoms with Crippen LogP contribution in [0.2, 0.25) is 5.02 Å². The average molecular weight is 467 g/mol. The van der Waals surface area contributed by atoms with Crippen LogP contribution in [0.4, 0.5) is 5.69 Å². The van der Waals surface area contributed by atoms with Gasteiger partial charge in [0, 0.05) is 31.4 Å². The Morgan fingerprint density at radius 3 is 2.13 bits per heavy atom. The van der Waals surface area contributed by atoms with Crippen LogP contribution in [-0.4, -0.2) is 64.6 Å². The summed E-state index contributed by atoms with van der Waals surface area (Å²) in [5.74, 6) is -1.05. The van der Waals surface area contributed by atoms with Gasteiger partial charge in [-0.1, -0.05) is 11.6 Å². The molecule has 1 aliphatic heterocycles. The number of carbonyl (C=O) groups excluding carboxylic acids is 2. The second-order valence-corrected chi connectivity index (χ2v) is 9.35. The predicted molar refractivity (Wildman–Crippen MR) is 116 cm³/mol. The van der Waals surface area contributed by atoms with Gasteiger partial charge >= 0.3 is 11.9 Å². The van der Waals surface area contributed by atoms with Crippen LogP contribution in [0.5, 0.6) is 0 Å². The Morgan fingerprint density at radius 1 is 0.968 bits per heavy atom. The highest BCUT2D eigenvalue weighted by Crippen LogP contribution is 2.30. The number of hydrogen-bond acceptors (Lipinski definition) is 7. The lowest BCUT2D eigenvalue weighted by molar-refractivity contribution is 0.0591. The van der Waals surface area contributed by atoms with E-state index in [2.05, 4.69) is 4.74 Å². The van der Waals surface area contributed by atoms with Crippen LogP contribution in [0.15, 0.2) is 47.4 Å². The molecule has 166 valence electrons. The molecule has 1 aliphatic rings. The minimum absolute atomic E-state index is 0.0423. The molecular formula is C21H23ClN2O6S. The molecule has 0 saturated carbocycles. The number of benzene rings is 2. The maximum absolute atomic E-state index is 13.3. The molecule has 2 aromatic rings. The molecular weight excluding hydrogens is 444 g/mol. The van der Waals surface area contributed by atoms with Gasteiger partial charge in [0.1, 0.15) is 4.90 Å². The van der Waals surface area contributed by atoms with Gasteiger partial charge in [-0.3, -0.25) is 0 Å². The van der Waals surface area contributed by atoms with E-state index in [4.69, 9.17) is 16.3 Å². The van der Waals surface area contributed by atoms with E-state index in [0.29, 0.717) is 18.7 Å². The number of carbonyl (C=O) groups is 2. The van der Waals surface area contributed by atoms with E-state index in [-0.39, 0.29) is 28.1 Å². The number of methoxy groups -OCH3 is 2. The molecule has 0 spiro atoms. The molecule has 0 aromatic heterocycles. The number of piperazine rings is 1. The first-order valence-electron chi connectivity index (χ1n) is 9.52. The molecule has 10 heteroatoms. The Labute approximate surface area is 186 Å². The number of esters is 2. The highest BCUT2D eigenvalue weighted by Gasteiger charge is 2.35. The van der Waals surface area contributed by atoms with Crippen molar-refractivity contribution in [2.75, 3.05) is 38.8 Å². The van der Waals surface area contributed by atoms with Crippen molar-refractivity contribution in [2.45, 2.75) is 17.9 Å². The van der Waals surface area contributed by atoms with Crippen LogP contribution in [0.3, 0.4) is 0 Å². The van der Waals surface area contributed by atoms with Gasteiger partial charge in [0.05, 0.1) is 30.4 Å². The Kier molecular flexibility index (Phi) is 6.88. The van der Waals surface area contributed by atoms with E-state index in [0.717, 1.165) is 5.69 Å². The van der Waals surface area contributed by atoms with Crippen molar-refractivity contribution < 1.29 is 27.5 Å². The standard InChI is InChI=1S/C21H23ClN2O6S/c1-14-13-23(17-7-4-15(5-8-17)20(25)29-2)10-11-24(14)31(27,28)19-12-16(21(26)30-3)6-9-18(19)22/h4-9,12,14H,10-11,13H2,1-3H3. The first-order valence-corrected chi connectivity index (χ1v) is 11.3. The van der Waals surface area contributed by atoms with E-state index in [1.807, 2.05) is 11.8 Å². The largest absolute Gasteiger partial charge is 0.465 e. The van der Waals surface area contributed by atoms with Crippen molar-refractivity contribution in [3.05, 3.63) is 58.6 Å². The summed E-state index contributed by atoms with van der Waals surface area (Å²) in [6.07, 6.45) is 0. The molecule has 2 aromatic carbocycles. The van der Waals surface area contributed by atoms with E-state index in [1.54, 1.807) is 24.3 Å². The number of sulfonamides is 1. The number of anilines is 1. The van der Waals surface area contributed by atoms with Crippen LogP contribution in [0.1, 0.15) is 27.6 Å². The van der Waals surface area contributed by atoms with Crippen molar-refractivity contribution in [1.82, 2.24) is 4.31 Å². The fourth-order valence-corrected chi connectivity index (χ4v) is 5.65. The Morgan fingerprint density at radius 2 is 1.55 bits per heavy atom. The average Bonchev–Trinajstić information content (AvgIpc) is 2.78. The van der Waals surface area contributed by atoms with E-state index in [1.165, 1.54) is 36.7 Å². The number of halogens is 1. The summed E-state index contributed by atoms with van der Waals surface area (Å²) in [4.78, 5) is 25.3. The maximum atomic E-state index is 13.3. The molecule has 0 N–H and O–H groups in total. The topological polar surface area (TPSA) is 93.2 Å². The molecule has 3 rings (SSSR count). The molecule has 0 bridgehead atoms. The Bertz CT molecular complexity index is 1090. The van der Waals surface area contributed by atoms with E-state index < -0.39 is 22.0 Å². The number of hydrogen-bond donors (Lipinski definition) is 0. The van der Waals surface area contributed by atoms with Gasteiger partial charge in [0.15, 0.2) is 0 Å². The maximum Gasteiger partial charge on any atom is 0.337 e. The summed E-state index contributed by atoms with van der Waals surface area (Å²) >= 11 is 6.17. The Hall–Kier alpha value is -2.62. The molecule has 8 nitrogen and oxygen atoms in total. The van der Waals surface area contributed by atoms with E-state index >= 15 is 0 Å². The van der Waals surface area contributed by atoms with Gasteiger partial charge in [0.25, 0.3) is 0 Å². The second-order valence-electron chi connectivity index (χ2n) is 7.09. The highest BCUT2D eigenvalue weighted by molar-refractivity contribution is 7.89. The summed E-state index contributed by atoms with van der Waals surface area (Å²) in [5.41, 5.74) is 1.44. The van der Waals surface area contributed by atoms with Gasteiger partial charge in [-0.25, -0.2) is 18.0 Å². The minimum Gasteiger partial charge on any atom is -0.465 e. The van der Waals surface area contributed by atoms with Gasteiger partial charge in [-0.05, 0) is 49.4 Å². The lowest BCUT2D eigenvalue weighted by Crippen LogP contribution is -2.54. The fraction of sp³-hybridized carbons (Fsp3) is 0.333. The van der Waals surface area contributed by atoms with Crippen molar-refractivity contribution in [3.8, 4) is 0 Å². The molecule has 0 radical (unpaired) electrons. The summed E-state index contributed by atoms with van der Waals surface area (Å²) in [6.45, 7) is 2.95. The summed E-state index contributed by atoms with van der Waals surface area (Å²) in [5, 5.41) is 0.0423. The highest BCUT2D eigenvalue weighted by atomic mass is 35.5. The first kappa shape index (κ1) is 23.1. The van der Waals surface area contributed by atoms with Gasteiger partial charge < -0.3 is 14.4 Å². The quantitative estimate of drug-likeness (QED) is 0.625. The monoisotopic (exact) mass is 466 g/mol. The normalized spacial score (nSPS) is 17.3. The van der Waals surface area contributed by atoms with Crippen LogP contribution in [-0.2, 0) is 19.5 Å². The summed E-state index contributed by atoms with van der Waals surface area (Å²) in [6, 6.07) is 10.7. The SMILES string of the molecule is COC(=O)c1ccc(N2CCN(S(=O)(=O)c3cc(C(=O)OC)ccc3Cl)C(C)C2)cc1. The zero-order valence-electron chi connectivity index (χ0n) is 17.4. The van der Waals surface area contributed by atoms with Crippen LogP contribution < -0.4 is 4.90 Å². The molecule has 0 aliphatic carbocycles. The number of ether oxygens (including phenoxy) is 2. The summed E-state index contributed by atoms with van der Waals surface area (Å²) < 4.78 is 37.4. The number of nitrogens with zero attached hydrogens (tertiary/aromatic N) is 2. The third-order valence-electron chi connectivity index (χ3n) is 5.16. The second kappa shape index (κ2) is 9.25. The van der Waals surface area contributed by atoms with Crippen LogP contribution in [0.25, 0.3) is 0 Å². The molecule has 1 fully saturated rings. The smallest absolute Gasteiger partial charge is 0.337 e. The lowest BCUT2D eigenvalue weighted by Gasteiger charge is -2.40. The van der Waals surface area contributed by atoms with Gasteiger partial charge in [0.2, 0.25) is 10.0 Å². The molecule has 1 saturated heterocycles. The molecule has 31 heavy (non-hydrogen) atoms. The molecule has 1 unspecified atom stereocenters. The van der Waals surface area contributed by atoms with Gasteiger partial charge in [-0.2, -0.15) is 4.31 Å². The van der Waals surface area contributed by atoms with Crippen molar-refractivity contribution in [2.24, 2.45) is 0 Å². The van der Waals surface area contributed by atoms with Crippen LogP contribution in [0, 0.1) is 0 Å². The molecule has 1 heterocycles. The fourth-order valence-electron chi connectivity index (χ4n) is 3.53. The van der Waals surface area contributed by atoms with Crippen molar-refractivity contribution in [1.29, 1.82) is 0 Å². The number of rotatable bonds is 5. The Balaban J connectivity index is 1.80. The third-order valence-corrected chi connectivity index (χ3v) is 7.65. The molecule has 0 amide bonds. The van der Waals surface area contributed by atoms with E-state index in [9.17, 15) is 18.0 Å². The molecule has 1 atom stereocenters. The zero-order valence-corrected chi connectivity index (χ0v) is 18.9. The van der Waals surface area contributed by atoms with Gasteiger partial charge in [-0.15, -0.1) is 0 Å². The predicted octanol–water partition coefficient (Wildman–Crippen LogP) is 2.81. The zero-order chi connectivity index (χ0) is 22.8. The first-order chi connectivity index (χ1) is 14.7. The van der Waals surface area contributed by atoms with Crippen molar-refractivity contribution >= 4 is 39.3 Å². The summed E-state index contributed by atoms with van der Waals surface area (Å²) in [7, 11) is -1.38. The van der Waals surface area contributed by atoms with Crippen molar-refractivity contribution in [3.63, 3.8) is 0 Å². The minimum atomic E-state index is -3.93. The lowest BCUT2D eigenvalue weighted by atomic mass is 10.1. The van der Waals surface area contributed by atoms with Crippen LogP contribution >= 0.6 is 11.6 Å². The third kappa shape index (κ3) is 4.68.